The Morgan fingerprint density at radius 2 is 2.08 bits per heavy atom. The lowest BCUT2D eigenvalue weighted by molar-refractivity contribution is 0.0659. The molecule has 2 nitrogen and oxygen atoms in total. The van der Waals surface area contributed by atoms with E-state index in [-0.39, 0.29) is 6.04 Å². The van der Waals surface area contributed by atoms with Crippen LogP contribution in [0.1, 0.15) is 18.5 Å². The normalized spacial score (nSPS) is 12.9. The molecule has 1 N–H and O–H groups in total. The van der Waals surface area contributed by atoms with Crippen molar-refractivity contribution in [1.29, 1.82) is 0 Å². The van der Waals surface area contributed by atoms with Crippen molar-refractivity contribution < 1.29 is 4.84 Å². The first-order chi connectivity index (χ1) is 5.75. The summed E-state index contributed by atoms with van der Waals surface area (Å²) in [5.41, 5.74) is 3.86. The van der Waals surface area contributed by atoms with Gasteiger partial charge in [0.25, 0.3) is 0 Å². The molecule has 1 unspecified atom stereocenters. The van der Waals surface area contributed by atoms with Gasteiger partial charge in [-0.15, -0.1) is 0 Å². The van der Waals surface area contributed by atoms with E-state index in [1.807, 2.05) is 31.2 Å². The third-order valence-electron chi connectivity index (χ3n) is 1.67. The Morgan fingerprint density at radius 1 is 1.42 bits per heavy atom. The van der Waals surface area contributed by atoms with Gasteiger partial charge in [-0.05, 0) is 18.6 Å². The summed E-state index contributed by atoms with van der Waals surface area (Å²) < 4.78 is 0. The summed E-state index contributed by atoms with van der Waals surface area (Å²) in [6.45, 7) is 1.99. The topological polar surface area (TPSA) is 21.3 Å². The predicted molar refractivity (Wildman–Crippen MR) is 50.0 cm³/mol. The number of rotatable bonds is 3. The molecule has 0 radical (unpaired) electrons. The second-order valence-corrected chi connectivity index (χ2v) is 2.97. The van der Waals surface area contributed by atoms with E-state index >= 15 is 0 Å². The van der Waals surface area contributed by atoms with Gasteiger partial charge in [0.2, 0.25) is 0 Å². The van der Waals surface area contributed by atoms with E-state index in [0.717, 1.165) is 10.6 Å². The third kappa shape index (κ3) is 2.21. The molecule has 0 aromatic heterocycles. The van der Waals surface area contributed by atoms with Crippen LogP contribution in [0, 0.1) is 0 Å². The van der Waals surface area contributed by atoms with Crippen molar-refractivity contribution in [3.8, 4) is 0 Å². The highest BCUT2D eigenvalue weighted by molar-refractivity contribution is 6.31. The summed E-state index contributed by atoms with van der Waals surface area (Å²) in [5, 5.41) is 0.759. The molecule has 0 aliphatic rings. The fraction of sp³-hybridized carbons (Fsp3) is 0.333. The van der Waals surface area contributed by atoms with Crippen LogP contribution in [0.2, 0.25) is 5.02 Å². The SMILES string of the molecule is CONC(C)c1ccccc1Cl. The van der Waals surface area contributed by atoms with E-state index in [2.05, 4.69) is 5.48 Å². The van der Waals surface area contributed by atoms with E-state index in [9.17, 15) is 0 Å². The van der Waals surface area contributed by atoms with Crippen LogP contribution in [0.5, 0.6) is 0 Å². The molecule has 0 saturated heterocycles. The molecule has 0 aliphatic heterocycles. The first-order valence-electron chi connectivity index (χ1n) is 3.78. The minimum absolute atomic E-state index is 0.115. The molecule has 0 fully saturated rings. The lowest BCUT2D eigenvalue weighted by Crippen LogP contribution is -2.16. The Balaban J connectivity index is 2.79. The molecular formula is C9H12ClNO. The Labute approximate surface area is 77.4 Å². The van der Waals surface area contributed by atoms with Crippen LogP contribution in [0.25, 0.3) is 0 Å². The van der Waals surface area contributed by atoms with Gasteiger partial charge < -0.3 is 4.84 Å². The summed E-state index contributed by atoms with van der Waals surface area (Å²) in [4.78, 5) is 4.80. The van der Waals surface area contributed by atoms with Crippen LogP contribution in [0.3, 0.4) is 0 Å². The maximum atomic E-state index is 5.96. The molecule has 0 aliphatic carbocycles. The zero-order valence-corrected chi connectivity index (χ0v) is 7.93. The predicted octanol–water partition coefficient (Wildman–Crippen LogP) is 2.55. The first-order valence-corrected chi connectivity index (χ1v) is 4.16. The molecule has 1 atom stereocenters. The van der Waals surface area contributed by atoms with Crippen LogP contribution in [0.15, 0.2) is 24.3 Å². The highest BCUT2D eigenvalue weighted by Gasteiger charge is 2.06. The van der Waals surface area contributed by atoms with Crippen LogP contribution >= 0.6 is 11.6 Å². The zero-order valence-electron chi connectivity index (χ0n) is 7.17. The molecule has 0 spiro atoms. The number of hydrogen-bond donors (Lipinski definition) is 1. The molecule has 1 rings (SSSR count). The van der Waals surface area contributed by atoms with Gasteiger partial charge >= 0.3 is 0 Å². The van der Waals surface area contributed by atoms with Crippen molar-refractivity contribution in [1.82, 2.24) is 5.48 Å². The fourth-order valence-corrected chi connectivity index (χ4v) is 1.37. The number of hydroxylamine groups is 1. The van der Waals surface area contributed by atoms with E-state index in [1.54, 1.807) is 7.11 Å². The van der Waals surface area contributed by atoms with Crippen molar-refractivity contribution in [2.45, 2.75) is 13.0 Å². The Bertz CT molecular complexity index is 252. The number of hydrogen-bond acceptors (Lipinski definition) is 2. The molecule has 66 valence electrons. The van der Waals surface area contributed by atoms with Crippen LogP contribution in [-0.4, -0.2) is 7.11 Å². The van der Waals surface area contributed by atoms with E-state index in [1.165, 1.54) is 0 Å². The zero-order chi connectivity index (χ0) is 8.97. The Morgan fingerprint density at radius 3 is 2.67 bits per heavy atom. The summed E-state index contributed by atoms with van der Waals surface area (Å²) in [7, 11) is 1.59. The quantitative estimate of drug-likeness (QED) is 0.731. The first kappa shape index (κ1) is 9.52. The number of nitrogens with one attached hydrogen (secondary N) is 1. The summed E-state index contributed by atoms with van der Waals surface area (Å²) in [6, 6.07) is 7.81. The molecule has 0 amide bonds. The largest absolute Gasteiger partial charge is 0.305 e. The van der Waals surface area contributed by atoms with Gasteiger partial charge in [0.1, 0.15) is 0 Å². The Kier molecular flexibility index (Phi) is 3.53. The van der Waals surface area contributed by atoms with E-state index in [0.29, 0.717) is 0 Å². The molecule has 1 aromatic rings. The van der Waals surface area contributed by atoms with Gasteiger partial charge in [0.05, 0.1) is 13.2 Å². The summed E-state index contributed by atoms with van der Waals surface area (Å²) in [6.07, 6.45) is 0. The van der Waals surface area contributed by atoms with Crippen LogP contribution in [0.4, 0.5) is 0 Å². The van der Waals surface area contributed by atoms with Gasteiger partial charge in [0.15, 0.2) is 0 Å². The minimum atomic E-state index is 0.115. The van der Waals surface area contributed by atoms with Crippen molar-refractivity contribution in [2.75, 3.05) is 7.11 Å². The van der Waals surface area contributed by atoms with Gasteiger partial charge in [-0.25, -0.2) is 0 Å². The van der Waals surface area contributed by atoms with Crippen LogP contribution in [-0.2, 0) is 4.84 Å². The second kappa shape index (κ2) is 4.45. The second-order valence-electron chi connectivity index (χ2n) is 2.57. The van der Waals surface area contributed by atoms with Crippen molar-refractivity contribution >= 4 is 11.6 Å². The average Bonchev–Trinajstić information content (AvgIpc) is 2.05. The monoisotopic (exact) mass is 185 g/mol. The highest BCUT2D eigenvalue weighted by Crippen LogP contribution is 2.21. The van der Waals surface area contributed by atoms with E-state index in [4.69, 9.17) is 16.4 Å². The van der Waals surface area contributed by atoms with Gasteiger partial charge in [-0.2, -0.15) is 5.48 Å². The van der Waals surface area contributed by atoms with E-state index < -0.39 is 0 Å². The molecule has 3 heteroatoms. The standard InChI is InChI=1S/C9H12ClNO/c1-7(11-12-2)8-5-3-4-6-9(8)10/h3-7,11H,1-2H3. The molecule has 0 saturated carbocycles. The lowest BCUT2D eigenvalue weighted by Gasteiger charge is -2.13. The molecular weight excluding hydrogens is 174 g/mol. The highest BCUT2D eigenvalue weighted by atomic mass is 35.5. The molecule has 0 bridgehead atoms. The molecule has 12 heavy (non-hydrogen) atoms. The van der Waals surface area contributed by atoms with Crippen molar-refractivity contribution in [3.63, 3.8) is 0 Å². The fourth-order valence-electron chi connectivity index (χ4n) is 1.07. The maximum absolute atomic E-state index is 5.96. The van der Waals surface area contributed by atoms with Crippen molar-refractivity contribution in [3.05, 3.63) is 34.9 Å². The molecule has 0 heterocycles. The van der Waals surface area contributed by atoms with Gasteiger partial charge in [-0.3, -0.25) is 0 Å². The number of benzene rings is 1. The summed E-state index contributed by atoms with van der Waals surface area (Å²) in [5.74, 6) is 0. The van der Waals surface area contributed by atoms with Crippen LogP contribution < -0.4 is 5.48 Å². The average molecular weight is 186 g/mol. The maximum Gasteiger partial charge on any atom is 0.0572 e. The smallest absolute Gasteiger partial charge is 0.0572 e. The summed E-state index contributed by atoms with van der Waals surface area (Å²) >= 11 is 5.96. The minimum Gasteiger partial charge on any atom is -0.305 e. The third-order valence-corrected chi connectivity index (χ3v) is 2.01. The Hall–Kier alpha value is -0.570. The van der Waals surface area contributed by atoms with Crippen molar-refractivity contribution in [2.24, 2.45) is 0 Å². The lowest BCUT2D eigenvalue weighted by atomic mass is 10.1. The van der Waals surface area contributed by atoms with Gasteiger partial charge in [-0.1, -0.05) is 29.8 Å². The van der Waals surface area contributed by atoms with Gasteiger partial charge in [0, 0.05) is 5.02 Å². The molecule has 1 aromatic carbocycles. The number of halogens is 1.